The van der Waals surface area contributed by atoms with Gasteiger partial charge >= 0.3 is 0 Å². The van der Waals surface area contributed by atoms with Gasteiger partial charge in [-0.15, -0.1) is 0 Å². The molecule has 1 heterocycles. The van der Waals surface area contributed by atoms with Crippen LogP contribution in [0.2, 0.25) is 0 Å². The number of carbonyl (C=O) groups is 1. The van der Waals surface area contributed by atoms with Gasteiger partial charge in [0, 0.05) is 43.1 Å². The first-order valence-corrected chi connectivity index (χ1v) is 11.4. The Labute approximate surface area is 163 Å². The lowest BCUT2D eigenvalue weighted by Gasteiger charge is -2.31. The number of anilines is 2. The molecule has 0 aromatic heterocycles. The van der Waals surface area contributed by atoms with Crippen LogP contribution >= 0.6 is 0 Å². The lowest BCUT2D eigenvalue weighted by Crippen LogP contribution is -2.46. The molecule has 1 saturated heterocycles. The summed E-state index contributed by atoms with van der Waals surface area (Å²) in [6.07, 6.45) is 2.62. The second-order valence-electron chi connectivity index (χ2n) is 7.42. The summed E-state index contributed by atoms with van der Waals surface area (Å²) in [5, 5.41) is 2.94. The van der Waals surface area contributed by atoms with Crippen molar-refractivity contribution in [3.63, 3.8) is 0 Å². The Kier molecular flexibility index (Phi) is 7.64. The van der Waals surface area contributed by atoms with Crippen molar-refractivity contribution in [1.82, 2.24) is 9.62 Å². The van der Waals surface area contributed by atoms with E-state index in [1.807, 2.05) is 24.3 Å². The number of likely N-dealkylation sites (tertiary alicyclic amines) is 1. The zero-order chi connectivity index (χ0) is 20.0. The van der Waals surface area contributed by atoms with Gasteiger partial charge in [-0.25, -0.2) is 13.1 Å². The van der Waals surface area contributed by atoms with Crippen LogP contribution in [0.4, 0.5) is 11.4 Å². The van der Waals surface area contributed by atoms with Crippen molar-refractivity contribution in [1.29, 1.82) is 0 Å². The SMILES string of the molecule is CCN(c1ccc(NC(=O)CN2CCC(NS(C)(=O)=O)CC2)cc1)C(C)C. The van der Waals surface area contributed by atoms with E-state index in [2.05, 4.69) is 40.6 Å². The minimum Gasteiger partial charge on any atom is -0.369 e. The van der Waals surface area contributed by atoms with Gasteiger partial charge in [0.2, 0.25) is 15.9 Å². The van der Waals surface area contributed by atoms with E-state index in [9.17, 15) is 13.2 Å². The zero-order valence-corrected chi connectivity index (χ0v) is 17.6. The first-order chi connectivity index (χ1) is 12.7. The maximum atomic E-state index is 12.3. The number of amides is 1. The van der Waals surface area contributed by atoms with E-state index in [0.717, 1.165) is 30.8 Å². The molecule has 0 aliphatic carbocycles. The van der Waals surface area contributed by atoms with Crippen LogP contribution in [0.15, 0.2) is 24.3 Å². The molecule has 1 aliphatic heterocycles. The molecule has 0 radical (unpaired) electrons. The summed E-state index contributed by atoms with van der Waals surface area (Å²) < 4.78 is 25.2. The third kappa shape index (κ3) is 7.12. The van der Waals surface area contributed by atoms with Crippen molar-refractivity contribution in [3.05, 3.63) is 24.3 Å². The van der Waals surface area contributed by atoms with Crippen molar-refractivity contribution in [2.24, 2.45) is 0 Å². The summed E-state index contributed by atoms with van der Waals surface area (Å²) in [7, 11) is -3.17. The normalized spacial score (nSPS) is 16.5. The van der Waals surface area contributed by atoms with E-state index >= 15 is 0 Å². The molecule has 0 bridgehead atoms. The van der Waals surface area contributed by atoms with E-state index in [1.54, 1.807) is 0 Å². The predicted octanol–water partition coefficient (Wildman–Crippen LogP) is 1.87. The molecule has 0 atom stereocenters. The molecule has 2 N–H and O–H groups in total. The standard InChI is InChI=1S/C19H32N4O3S/c1-5-23(15(2)3)18-8-6-16(7-9-18)20-19(24)14-22-12-10-17(11-13-22)21-27(4,25)26/h6-9,15,17,21H,5,10-14H2,1-4H3,(H,20,24). The minimum atomic E-state index is -3.17. The van der Waals surface area contributed by atoms with Gasteiger partial charge in [-0.1, -0.05) is 0 Å². The molecule has 152 valence electrons. The van der Waals surface area contributed by atoms with Crippen LogP contribution in [0, 0.1) is 0 Å². The van der Waals surface area contributed by atoms with Gasteiger partial charge in [0.05, 0.1) is 12.8 Å². The van der Waals surface area contributed by atoms with Crippen molar-refractivity contribution >= 4 is 27.3 Å². The number of nitrogens with zero attached hydrogens (tertiary/aromatic N) is 2. The topological polar surface area (TPSA) is 81.8 Å². The first kappa shape index (κ1) is 21.7. The number of benzene rings is 1. The Balaban J connectivity index is 1.81. The van der Waals surface area contributed by atoms with Gasteiger partial charge < -0.3 is 10.2 Å². The molecule has 0 spiro atoms. The molecule has 1 aliphatic rings. The number of hydrogen-bond acceptors (Lipinski definition) is 5. The van der Waals surface area contributed by atoms with Gasteiger partial charge in [-0.2, -0.15) is 0 Å². The van der Waals surface area contributed by atoms with Crippen LogP contribution in [-0.2, 0) is 14.8 Å². The second kappa shape index (κ2) is 9.52. The van der Waals surface area contributed by atoms with Gasteiger partial charge in [0.15, 0.2) is 0 Å². The number of carbonyl (C=O) groups excluding carboxylic acids is 1. The average molecular weight is 397 g/mol. The average Bonchev–Trinajstić information content (AvgIpc) is 2.57. The quantitative estimate of drug-likeness (QED) is 0.701. The zero-order valence-electron chi connectivity index (χ0n) is 16.7. The van der Waals surface area contributed by atoms with Gasteiger partial charge in [-0.3, -0.25) is 9.69 Å². The van der Waals surface area contributed by atoms with E-state index < -0.39 is 10.0 Å². The number of nitrogens with one attached hydrogen (secondary N) is 2. The molecule has 1 amide bonds. The first-order valence-electron chi connectivity index (χ1n) is 9.54. The van der Waals surface area contributed by atoms with Crippen molar-refractivity contribution < 1.29 is 13.2 Å². The third-order valence-electron chi connectivity index (χ3n) is 4.78. The fraction of sp³-hybridized carbons (Fsp3) is 0.632. The summed E-state index contributed by atoms with van der Waals surface area (Å²) in [5.74, 6) is -0.0477. The lowest BCUT2D eigenvalue weighted by atomic mass is 10.1. The highest BCUT2D eigenvalue weighted by Crippen LogP contribution is 2.20. The van der Waals surface area contributed by atoms with Gasteiger partial charge in [0.1, 0.15) is 0 Å². The summed E-state index contributed by atoms with van der Waals surface area (Å²) in [4.78, 5) is 16.6. The van der Waals surface area contributed by atoms with Crippen LogP contribution in [0.5, 0.6) is 0 Å². The summed E-state index contributed by atoms with van der Waals surface area (Å²) in [6.45, 7) is 9.12. The monoisotopic (exact) mass is 396 g/mol. The summed E-state index contributed by atoms with van der Waals surface area (Å²) >= 11 is 0. The highest BCUT2D eigenvalue weighted by Gasteiger charge is 2.22. The smallest absolute Gasteiger partial charge is 0.238 e. The molecule has 7 nitrogen and oxygen atoms in total. The molecule has 1 aromatic rings. The number of rotatable bonds is 8. The molecular weight excluding hydrogens is 364 g/mol. The van der Waals surface area contributed by atoms with Gasteiger partial charge in [0.25, 0.3) is 0 Å². The van der Waals surface area contributed by atoms with Crippen molar-refractivity contribution in [2.75, 3.05) is 42.7 Å². The van der Waals surface area contributed by atoms with E-state index in [4.69, 9.17) is 0 Å². The molecule has 0 unspecified atom stereocenters. The molecule has 1 aromatic carbocycles. The van der Waals surface area contributed by atoms with Crippen LogP contribution < -0.4 is 14.9 Å². The Morgan fingerprint density at radius 1 is 1.22 bits per heavy atom. The third-order valence-corrected chi connectivity index (χ3v) is 5.54. The van der Waals surface area contributed by atoms with E-state index in [1.165, 1.54) is 6.26 Å². The number of piperidine rings is 1. The minimum absolute atomic E-state index is 0.0330. The van der Waals surface area contributed by atoms with E-state index in [0.29, 0.717) is 25.7 Å². The van der Waals surface area contributed by atoms with Crippen molar-refractivity contribution in [3.8, 4) is 0 Å². The molecule has 0 saturated carbocycles. The molecule has 2 rings (SSSR count). The molecule has 1 fully saturated rings. The summed E-state index contributed by atoms with van der Waals surface area (Å²) in [5.41, 5.74) is 1.93. The molecule has 8 heteroatoms. The van der Waals surface area contributed by atoms with Crippen LogP contribution in [0.3, 0.4) is 0 Å². The Morgan fingerprint density at radius 3 is 2.30 bits per heavy atom. The lowest BCUT2D eigenvalue weighted by molar-refractivity contribution is -0.117. The second-order valence-corrected chi connectivity index (χ2v) is 9.20. The van der Waals surface area contributed by atoms with Crippen molar-refractivity contribution in [2.45, 2.75) is 45.7 Å². The highest BCUT2D eigenvalue weighted by atomic mass is 32.2. The Hall–Kier alpha value is -1.64. The Bertz CT molecular complexity index is 711. The number of sulfonamides is 1. The van der Waals surface area contributed by atoms with Gasteiger partial charge in [-0.05, 0) is 57.9 Å². The molecular formula is C19H32N4O3S. The van der Waals surface area contributed by atoms with Crippen LogP contribution in [0.1, 0.15) is 33.6 Å². The highest BCUT2D eigenvalue weighted by molar-refractivity contribution is 7.88. The number of hydrogen-bond donors (Lipinski definition) is 2. The largest absolute Gasteiger partial charge is 0.369 e. The van der Waals surface area contributed by atoms with E-state index in [-0.39, 0.29) is 11.9 Å². The summed E-state index contributed by atoms with van der Waals surface area (Å²) in [6, 6.07) is 8.31. The maximum Gasteiger partial charge on any atom is 0.238 e. The fourth-order valence-electron chi connectivity index (χ4n) is 3.50. The Morgan fingerprint density at radius 2 is 1.81 bits per heavy atom. The van der Waals surface area contributed by atoms with Crippen LogP contribution in [0.25, 0.3) is 0 Å². The maximum absolute atomic E-state index is 12.3. The molecule has 27 heavy (non-hydrogen) atoms. The predicted molar refractivity (Wildman–Crippen MR) is 111 cm³/mol. The fourth-order valence-corrected chi connectivity index (χ4v) is 4.34. The van der Waals surface area contributed by atoms with Crippen LogP contribution in [-0.4, -0.2) is 63.7 Å².